The number of esters is 6. The van der Waals surface area contributed by atoms with Crippen LogP contribution in [0, 0.1) is 58.2 Å². The number of carbonyl (C=O) groups is 6. The van der Waals surface area contributed by atoms with Crippen molar-refractivity contribution in [3.05, 3.63) is 110 Å². The lowest BCUT2D eigenvalue weighted by molar-refractivity contribution is -0.218. The molecule has 17 heteroatoms. The number of hydrogen-bond donors (Lipinski definition) is 5. The van der Waals surface area contributed by atoms with Crippen molar-refractivity contribution in [1.82, 2.24) is 0 Å². The van der Waals surface area contributed by atoms with Gasteiger partial charge in [-0.05, 0) is 239 Å². The molecule has 93 heavy (non-hydrogen) atoms. The lowest BCUT2D eigenvalue weighted by Gasteiger charge is -2.60. The number of benzene rings is 2. The number of ether oxygens (including phenoxy) is 6. The van der Waals surface area contributed by atoms with Crippen LogP contribution in [0.15, 0.2) is 110 Å². The molecule has 16 aliphatic rings. The molecule has 2 aromatic rings. The minimum Gasteiger partial charge on any atom is -0.507 e. The van der Waals surface area contributed by atoms with Gasteiger partial charge >= 0.3 is 35.8 Å². The van der Waals surface area contributed by atoms with Crippen molar-refractivity contribution in [1.29, 1.82) is 0 Å². The molecule has 0 aromatic heterocycles. The minimum absolute atomic E-state index is 0.0272. The molecule has 16 fully saturated rings. The van der Waals surface area contributed by atoms with Crippen LogP contribution in [0.3, 0.4) is 0 Å². The quantitative estimate of drug-likeness (QED) is 0.0510. The average Bonchev–Trinajstić information content (AvgIpc) is 0.759. The molecule has 0 heterocycles. The van der Waals surface area contributed by atoms with E-state index < -0.39 is 28.7 Å². The van der Waals surface area contributed by atoms with Crippen LogP contribution in [0.1, 0.15) is 189 Å². The molecule has 17 nitrogen and oxygen atoms in total. The fourth-order valence-electron chi connectivity index (χ4n) is 20.8. The number of aromatic hydroxyl groups is 1. The maximum Gasteiger partial charge on any atom is 0.338 e. The molecular formula is C76H102O17. The standard InChI is InChI=1S/C15H22O3.C14H20O3.C14H12O3.C14H20O2.C13H18O3.C6H10O3/c1-10(2)13(17)18-15-6-11-3-12(7-15)5-14(4-11,8-15)9-16;1-9(2)12(15)17-14-6-10-3-11(7-14)5-13(16,4-10)8-14;1-9(2)14(16)17-13-8-4-5-10-11(13)6-3-7-12(10)15;1-3-12(15)16-14-7-10-4-11(8-14)6-13(2,5-10)9-14;1-2-11(14)16-13-6-9-3-10(7-13)5-12(15,4-9)8-13;1-5(2)6(8)9-4-3-7/h11-12,16H,1,3-9H2,2H3;10-11,16H,1,3-8H2,2H3;3-8,15H,1H2,2H3;3,10-11H,1,4-9H2,2H3;2,9-10,15H,1,3-8H2;7H,1,3-4H2,2H3. The van der Waals surface area contributed by atoms with E-state index >= 15 is 0 Å². The van der Waals surface area contributed by atoms with E-state index in [1.165, 1.54) is 50.7 Å². The van der Waals surface area contributed by atoms with E-state index in [0.29, 0.717) is 92.6 Å². The monoisotopic (exact) mass is 1290 g/mol. The highest BCUT2D eigenvalue weighted by Crippen LogP contribution is 2.65. The Labute approximate surface area is 549 Å². The zero-order valence-electron chi connectivity index (χ0n) is 55.7. The fourth-order valence-corrected chi connectivity index (χ4v) is 20.8. The summed E-state index contributed by atoms with van der Waals surface area (Å²) in [7, 11) is 0. The molecule has 16 aliphatic carbocycles. The summed E-state index contributed by atoms with van der Waals surface area (Å²) >= 11 is 0. The highest BCUT2D eigenvalue weighted by atomic mass is 16.6. The first kappa shape index (κ1) is 70.9. The summed E-state index contributed by atoms with van der Waals surface area (Å²) in [6, 6.07) is 10.3. The molecule has 0 spiro atoms. The third kappa shape index (κ3) is 16.8. The first-order chi connectivity index (χ1) is 43.7. The Morgan fingerprint density at radius 3 is 1.22 bits per heavy atom. The summed E-state index contributed by atoms with van der Waals surface area (Å²) in [4.78, 5) is 68.3. The van der Waals surface area contributed by atoms with Crippen molar-refractivity contribution >= 4 is 46.6 Å². The zero-order chi connectivity index (χ0) is 67.7. The van der Waals surface area contributed by atoms with E-state index in [9.17, 15) is 49.2 Å². The van der Waals surface area contributed by atoms with Gasteiger partial charge in [0.15, 0.2) is 0 Å². The molecule has 0 saturated heterocycles. The van der Waals surface area contributed by atoms with Crippen LogP contribution in [0.2, 0.25) is 0 Å². The van der Waals surface area contributed by atoms with Crippen molar-refractivity contribution < 1.29 is 82.7 Å². The molecule has 508 valence electrons. The molecule has 0 aliphatic heterocycles. The first-order valence-corrected chi connectivity index (χ1v) is 33.7. The number of hydrogen-bond acceptors (Lipinski definition) is 17. The summed E-state index contributed by atoms with van der Waals surface area (Å²) in [6.07, 6.45) is 27.2. The van der Waals surface area contributed by atoms with E-state index in [0.717, 1.165) is 115 Å². The second-order valence-corrected chi connectivity index (χ2v) is 31.5. The predicted molar refractivity (Wildman–Crippen MR) is 350 cm³/mol. The molecule has 18 rings (SSSR count). The van der Waals surface area contributed by atoms with Crippen LogP contribution >= 0.6 is 0 Å². The molecular weight excluding hydrogens is 1180 g/mol. The van der Waals surface area contributed by atoms with Crippen LogP contribution in [0.25, 0.3) is 10.8 Å². The maximum absolute atomic E-state index is 11.8. The Bertz CT molecular complexity index is 3130. The molecule has 16 bridgehead atoms. The van der Waals surface area contributed by atoms with Gasteiger partial charge in [0, 0.05) is 64.7 Å². The van der Waals surface area contributed by atoms with Gasteiger partial charge in [0.1, 0.15) is 40.5 Å². The summed E-state index contributed by atoms with van der Waals surface area (Å²) in [6.45, 7) is 30.2. The van der Waals surface area contributed by atoms with Gasteiger partial charge in [-0.25, -0.2) is 28.8 Å². The van der Waals surface area contributed by atoms with Crippen molar-refractivity contribution in [2.45, 2.75) is 222 Å². The van der Waals surface area contributed by atoms with Crippen LogP contribution in [-0.4, -0.2) is 115 Å². The summed E-state index contributed by atoms with van der Waals surface area (Å²) in [5.74, 6) is 3.56. The Hall–Kier alpha value is -6.40. The average molecular weight is 1290 g/mol. The third-order valence-corrected chi connectivity index (χ3v) is 22.1. The Kier molecular flexibility index (Phi) is 21.2. The fraction of sp³-hybridized carbons (Fsp3) is 0.632. The second kappa shape index (κ2) is 27.7. The summed E-state index contributed by atoms with van der Waals surface area (Å²) in [5.41, 5.74) is -0.274. The SMILES string of the molecule is C=C(C)C(=O)OC12CC3CC(CC(CO)(C3)C1)C2.C=C(C)C(=O)OC12CC3CC(CC(O)(C3)C1)C2.C=C(C)C(=O)OCCO.C=C(C)C(=O)Oc1cccc2c(O)cccc12.C=CC(=O)OC12CC3CC(CC(C)(C3)C1)C2.C=CC(=O)OC12CC3CC(CC(O)(C3)C1)C2. The normalized spacial score (nSPS) is 36.9. The van der Waals surface area contributed by atoms with Gasteiger partial charge in [0.2, 0.25) is 0 Å². The maximum atomic E-state index is 11.8. The van der Waals surface area contributed by atoms with Crippen LogP contribution in [-0.2, 0) is 52.5 Å². The smallest absolute Gasteiger partial charge is 0.338 e. The summed E-state index contributed by atoms with van der Waals surface area (Å²) < 4.78 is 32.4. The second-order valence-electron chi connectivity index (χ2n) is 31.5. The number of aliphatic hydroxyl groups excluding tert-OH is 2. The molecule has 0 radical (unpaired) electrons. The van der Waals surface area contributed by atoms with Crippen LogP contribution in [0.5, 0.6) is 11.5 Å². The minimum atomic E-state index is -0.570. The van der Waals surface area contributed by atoms with E-state index in [4.69, 9.17) is 28.8 Å². The third-order valence-electron chi connectivity index (χ3n) is 22.1. The number of fused-ring (bicyclic) bond motifs is 1. The Morgan fingerprint density at radius 2 is 0.839 bits per heavy atom. The molecule has 8 unspecified atom stereocenters. The van der Waals surface area contributed by atoms with E-state index in [1.54, 1.807) is 64.1 Å². The van der Waals surface area contributed by atoms with Gasteiger partial charge < -0.3 is 54.0 Å². The highest BCUT2D eigenvalue weighted by molar-refractivity contribution is 5.96. The van der Waals surface area contributed by atoms with Crippen molar-refractivity contribution in [3.63, 3.8) is 0 Å². The van der Waals surface area contributed by atoms with Crippen molar-refractivity contribution in [2.75, 3.05) is 19.8 Å². The molecule has 0 amide bonds. The number of aliphatic hydroxyl groups is 4. The number of phenols is 1. The molecule has 2 aromatic carbocycles. The lowest BCUT2D eigenvalue weighted by Crippen LogP contribution is -2.60. The Balaban J connectivity index is 0.000000133. The van der Waals surface area contributed by atoms with Crippen molar-refractivity contribution in [2.24, 2.45) is 58.2 Å². The number of carbonyl (C=O) groups excluding carboxylic acids is 6. The first-order valence-electron chi connectivity index (χ1n) is 33.7. The topological polar surface area (TPSA) is 259 Å². The van der Waals surface area contributed by atoms with Gasteiger partial charge in [0.05, 0.1) is 17.8 Å². The van der Waals surface area contributed by atoms with Gasteiger partial charge in [-0.3, -0.25) is 0 Å². The Morgan fingerprint density at radius 1 is 0.473 bits per heavy atom. The largest absolute Gasteiger partial charge is 0.507 e. The van der Waals surface area contributed by atoms with E-state index in [-0.39, 0.29) is 71.7 Å². The van der Waals surface area contributed by atoms with Gasteiger partial charge in [-0.15, -0.1) is 0 Å². The van der Waals surface area contributed by atoms with Crippen LogP contribution < -0.4 is 4.74 Å². The number of rotatable bonds is 14. The predicted octanol–water partition coefficient (Wildman–Crippen LogP) is 12.6. The van der Waals surface area contributed by atoms with Crippen LogP contribution in [0.4, 0.5) is 0 Å². The van der Waals surface area contributed by atoms with Gasteiger partial charge in [-0.2, -0.15) is 0 Å². The molecule has 8 atom stereocenters. The zero-order valence-corrected chi connectivity index (χ0v) is 55.7. The van der Waals surface area contributed by atoms with Crippen molar-refractivity contribution in [3.8, 4) is 11.5 Å². The van der Waals surface area contributed by atoms with Gasteiger partial charge in [0.25, 0.3) is 0 Å². The summed E-state index contributed by atoms with van der Waals surface area (Å²) in [5, 5.41) is 49.9. The number of phenolic OH excluding ortho intramolecular Hbond substituents is 1. The van der Waals surface area contributed by atoms with Gasteiger partial charge in [-0.1, -0.05) is 70.7 Å². The molecule has 5 N–H and O–H groups in total. The van der Waals surface area contributed by atoms with E-state index in [2.05, 4.69) is 51.1 Å². The lowest BCUT2D eigenvalue weighted by atomic mass is 9.48. The highest BCUT2D eigenvalue weighted by Gasteiger charge is 2.62. The molecule has 16 saturated carbocycles. The van der Waals surface area contributed by atoms with E-state index in [1.807, 2.05) is 0 Å².